The molecule has 0 saturated heterocycles. The Labute approximate surface area is 146 Å². The molecule has 2 aromatic carbocycles. The van der Waals surface area contributed by atoms with Gasteiger partial charge < -0.3 is 10.6 Å². The Kier molecular flexibility index (Phi) is 6.66. The Bertz CT molecular complexity index is 648. The number of anilines is 1. The highest BCUT2D eigenvalue weighted by Gasteiger charge is 2.09. The molecule has 0 saturated carbocycles. The molecule has 0 unspecified atom stereocenters. The first-order chi connectivity index (χ1) is 11.2. The van der Waals surface area contributed by atoms with E-state index in [1.165, 1.54) is 16.7 Å². The van der Waals surface area contributed by atoms with Crippen LogP contribution in [0.2, 0.25) is 0 Å². The van der Waals surface area contributed by atoms with Crippen LogP contribution in [0.25, 0.3) is 0 Å². The van der Waals surface area contributed by atoms with Crippen molar-refractivity contribution in [3.63, 3.8) is 0 Å². The Morgan fingerprint density at radius 1 is 0.957 bits per heavy atom. The molecule has 2 rings (SSSR count). The van der Waals surface area contributed by atoms with E-state index in [9.17, 15) is 4.79 Å². The van der Waals surface area contributed by atoms with Gasteiger partial charge in [0.05, 0.1) is 0 Å². The number of hydrogen-bond donors (Lipinski definition) is 2. The Hall–Kier alpha value is -1.81. The minimum Gasteiger partial charge on any atom is -0.338 e. The van der Waals surface area contributed by atoms with E-state index < -0.39 is 0 Å². The third kappa shape index (κ3) is 4.83. The molecular formula is C19H23BrN2O. The van der Waals surface area contributed by atoms with Gasteiger partial charge in [-0.3, -0.25) is 0 Å². The quantitative estimate of drug-likeness (QED) is 0.738. The lowest BCUT2D eigenvalue weighted by Crippen LogP contribution is -2.31. The number of carbonyl (C=O) groups is 1. The molecule has 0 aromatic heterocycles. The molecule has 0 heterocycles. The van der Waals surface area contributed by atoms with Crippen LogP contribution in [0.5, 0.6) is 0 Å². The zero-order valence-electron chi connectivity index (χ0n) is 13.7. The van der Waals surface area contributed by atoms with Crippen LogP contribution in [0.1, 0.15) is 30.5 Å². The molecule has 2 aromatic rings. The first-order valence-electron chi connectivity index (χ1n) is 8.04. The van der Waals surface area contributed by atoms with Gasteiger partial charge in [0, 0.05) is 16.7 Å². The SMILES string of the molecule is CCc1cccc(CC)c1NC(=O)NCCc1ccccc1Br. The normalized spacial score (nSPS) is 10.4. The van der Waals surface area contributed by atoms with Gasteiger partial charge in [-0.1, -0.05) is 66.2 Å². The highest BCUT2D eigenvalue weighted by molar-refractivity contribution is 9.10. The molecule has 0 bridgehead atoms. The number of rotatable bonds is 6. The molecule has 4 heteroatoms. The summed E-state index contributed by atoms with van der Waals surface area (Å²) in [7, 11) is 0. The Morgan fingerprint density at radius 3 is 2.17 bits per heavy atom. The summed E-state index contributed by atoms with van der Waals surface area (Å²) >= 11 is 3.53. The fraction of sp³-hybridized carbons (Fsp3) is 0.316. The van der Waals surface area contributed by atoms with E-state index in [4.69, 9.17) is 0 Å². The van der Waals surface area contributed by atoms with Crippen molar-refractivity contribution < 1.29 is 4.79 Å². The van der Waals surface area contributed by atoms with E-state index >= 15 is 0 Å². The molecule has 2 N–H and O–H groups in total. The van der Waals surface area contributed by atoms with E-state index in [0.29, 0.717) is 6.54 Å². The lowest BCUT2D eigenvalue weighted by Gasteiger charge is -2.15. The molecule has 0 radical (unpaired) electrons. The first-order valence-corrected chi connectivity index (χ1v) is 8.84. The van der Waals surface area contributed by atoms with Gasteiger partial charge in [0.15, 0.2) is 0 Å². The number of urea groups is 1. The van der Waals surface area contributed by atoms with Gasteiger partial charge in [-0.15, -0.1) is 0 Å². The summed E-state index contributed by atoms with van der Waals surface area (Å²) < 4.78 is 1.08. The third-order valence-corrected chi connectivity index (χ3v) is 4.65. The summed E-state index contributed by atoms with van der Waals surface area (Å²) in [6, 6.07) is 14.1. The lowest BCUT2D eigenvalue weighted by molar-refractivity contribution is 0.252. The van der Waals surface area contributed by atoms with Gasteiger partial charge in [-0.25, -0.2) is 4.79 Å². The van der Waals surface area contributed by atoms with Crippen molar-refractivity contribution in [2.45, 2.75) is 33.1 Å². The van der Waals surface area contributed by atoms with Gasteiger partial charge in [-0.05, 0) is 42.0 Å². The number of nitrogens with one attached hydrogen (secondary N) is 2. The number of hydrogen-bond acceptors (Lipinski definition) is 1. The molecular weight excluding hydrogens is 352 g/mol. The van der Waals surface area contributed by atoms with E-state index in [-0.39, 0.29) is 6.03 Å². The Balaban J connectivity index is 1.94. The van der Waals surface area contributed by atoms with Crippen LogP contribution in [0.4, 0.5) is 10.5 Å². The summed E-state index contributed by atoms with van der Waals surface area (Å²) in [5.41, 5.74) is 4.49. The summed E-state index contributed by atoms with van der Waals surface area (Å²) in [5, 5.41) is 5.96. The molecule has 0 fully saturated rings. The second-order valence-corrected chi connectivity index (χ2v) is 6.24. The smallest absolute Gasteiger partial charge is 0.319 e. The first kappa shape index (κ1) is 17.5. The number of carbonyl (C=O) groups excluding carboxylic acids is 1. The van der Waals surface area contributed by atoms with E-state index in [1.54, 1.807) is 0 Å². The summed E-state index contributed by atoms with van der Waals surface area (Å²) in [6.07, 6.45) is 2.60. The topological polar surface area (TPSA) is 41.1 Å². The predicted octanol–water partition coefficient (Wildman–Crippen LogP) is 4.94. The molecule has 3 nitrogen and oxygen atoms in total. The fourth-order valence-electron chi connectivity index (χ4n) is 2.57. The molecule has 0 aliphatic heterocycles. The van der Waals surface area contributed by atoms with Gasteiger partial charge >= 0.3 is 6.03 Å². The van der Waals surface area contributed by atoms with Crippen molar-refractivity contribution >= 4 is 27.6 Å². The van der Waals surface area contributed by atoms with E-state index in [1.807, 2.05) is 24.3 Å². The molecule has 0 atom stereocenters. The number of amides is 2. The monoisotopic (exact) mass is 374 g/mol. The van der Waals surface area contributed by atoms with Crippen molar-refractivity contribution in [1.29, 1.82) is 0 Å². The van der Waals surface area contributed by atoms with E-state index in [2.05, 4.69) is 58.6 Å². The fourth-order valence-corrected chi connectivity index (χ4v) is 3.06. The third-order valence-electron chi connectivity index (χ3n) is 3.88. The number of aryl methyl sites for hydroxylation is 2. The van der Waals surface area contributed by atoms with Crippen LogP contribution >= 0.6 is 15.9 Å². The van der Waals surface area contributed by atoms with Gasteiger partial charge in [-0.2, -0.15) is 0 Å². The van der Waals surface area contributed by atoms with Crippen LogP contribution in [0.15, 0.2) is 46.9 Å². The standard InChI is InChI=1S/C19H23BrN2O/c1-3-14-9-7-10-15(4-2)18(14)22-19(23)21-13-12-16-8-5-6-11-17(16)20/h5-11H,3-4,12-13H2,1-2H3,(H2,21,22,23). The summed E-state index contributed by atoms with van der Waals surface area (Å²) in [4.78, 5) is 12.2. The average molecular weight is 375 g/mol. The van der Waals surface area contributed by atoms with Crippen LogP contribution in [-0.2, 0) is 19.3 Å². The van der Waals surface area contributed by atoms with Crippen LogP contribution < -0.4 is 10.6 Å². The van der Waals surface area contributed by atoms with Crippen LogP contribution in [0.3, 0.4) is 0 Å². The maximum atomic E-state index is 12.2. The summed E-state index contributed by atoms with van der Waals surface area (Å²) in [6.45, 7) is 4.81. The maximum Gasteiger partial charge on any atom is 0.319 e. The van der Waals surface area contributed by atoms with E-state index in [0.717, 1.165) is 29.4 Å². The largest absolute Gasteiger partial charge is 0.338 e. The molecule has 0 spiro atoms. The van der Waals surface area contributed by atoms with Gasteiger partial charge in [0.1, 0.15) is 0 Å². The number of benzene rings is 2. The van der Waals surface area contributed by atoms with Gasteiger partial charge in [0.2, 0.25) is 0 Å². The minimum absolute atomic E-state index is 0.146. The van der Waals surface area contributed by atoms with Crippen LogP contribution in [-0.4, -0.2) is 12.6 Å². The highest BCUT2D eigenvalue weighted by atomic mass is 79.9. The number of para-hydroxylation sites is 1. The predicted molar refractivity (Wildman–Crippen MR) is 100 cm³/mol. The van der Waals surface area contributed by atoms with Crippen molar-refractivity contribution in [1.82, 2.24) is 5.32 Å². The zero-order valence-corrected chi connectivity index (χ0v) is 15.2. The number of halogens is 1. The minimum atomic E-state index is -0.146. The Morgan fingerprint density at radius 2 is 1.57 bits per heavy atom. The molecule has 122 valence electrons. The maximum absolute atomic E-state index is 12.2. The van der Waals surface area contributed by atoms with Crippen molar-refractivity contribution in [2.75, 3.05) is 11.9 Å². The van der Waals surface area contributed by atoms with Gasteiger partial charge in [0.25, 0.3) is 0 Å². The molecule has 0 aliphatic rings. The zero-order chi connectivity index (χ0) is 16.7. The second-order valence-electron chi connectivity index (χ2n) is 5.38. The summed E-state index contributed by atoms with van der Waals surface area (Å²) in [5.74, 6) is 0. The highest BCUT2D eigenvalue weighted by Crippen LogP contribution is 2.22. The van der Waals surface area contributed by atoms with Crippen molar-refractivity contribution in [2.24, 2.45) is 0 Å². The lowest BCUT2D eigenvalue weighted by atomic mass is 10.0. The molecule has 23 heavy (non-hydrogen) atoms. The second kappa shape index (κ2) is 8.73. The van der Waals surface area contributed by atoms with Crippen molar-refractivity contribution in [3.05, 3.63) is 63.6 Å². The molecule has 2 amide bonds. The van der Waals surface area contributed by atoms with Crippen molar-refractivity contribution in [3.8, 4) is 0 Å². The average Bonchev–Trinajstić information content (AvgIpc) is 2.56. The van der Waals surface area contributed by atoms with Crippen LogP contribution in [0, 0.1) is 0 Å². The molecule has 0 aliphatic carbocycles.